The number of phenols is 1. The Balaban J connectivity index is 0.000000258. The van der Waals surface area contributed by atoms with Crippen molar-refractivity contribution in [3.63, 3.8) is 0 Å². The summed E-state index contributed by atoms with van der Waals surface area (Å²) in [4.78, 5) is 0. The predicted octanol–water partition coefficient (Wildman–Crippen LogP) is 21.4. The molecular formula is C66H100O3. The highest BCUT2D eigenvalue weighted by Gasteiger charge is 2.19. The Morgan fingerprint density at radius 2 is 0.768 bits per heavy atom. The molecule has 0 amide bonds. The van der Waals surface area contributed by atoms with Gasteiger partial charge in [0.25, 0.3) is 0 Å². The van der Waals surface area contributed by atoms with E-state index in [0.29, 0.717) is 5.75 Å². The standard InChI is InChI=1S/C33H50O2.C33H50O/c1-3-5-6-7-8-9-10-11-12-13-14-15-16-17-18-19-23-35-32-26-31(34)30-25-27(4-2)24-28-21-20-22-29(32)33(28)30;1-3-5-6-7-8-9-10-11-12-13-14-15-16-17-18-19-25-34-32-24-23-30-27-28(4-2)26-29-21-20-22-31(32)33(29)30/h20-22,25-26,34H,3-19,23-24H2,1-2H3;20-24,27H,3-19,25-26H2,1-2H3. The van der Waals surface area contributed by atoms with Crippen LogP contribution in [-0.2, 0) is 12.8 Å². The molecule has 0 saturated heterocycles. The number of ether oxygens (including phenoxy) is 2. The molecule has 0 fully saturated rings. The summed E-state index contributed by atoms with van der Waals surface area (Å²) in [6, 6.07) is 19.4. The van der Waals surface area contributed by atoms with Crippen molar-refractivity contribution in [3.05, 3.63) is 88.0 Å². The number of benzene rings is 4. The molecule has 3 heteroatoms. The van der Waals surface area contributed by atoms with Crippen LogP contribution >= 0.6 is 0 Å². The summed E-state index contributed by atoms with van der Waals surface area (Å²) in [5, 5.41) is 15.7. The number of rotatable bonds is 38. The molecule has 1 N–H and O–H groups in total. The number of hydrogen-bond donors (Lipinski definition) is 1. The molecule has 4 aromatic rings. The third kappa shape index (κ3) is 20.1. The minimum absolute atomic E-state index is 0.345. The molecule has 69 heavy (non-hydrogen) atoms. The Morgan fingerprint density at radius 1 is 0.391 bits per heavy atom. The zero-order chi connectivity index (χ0) is 48.6. The van der Waals surface area contributed by atoms with Gasteiger partial charge in [-0.3, -0.25) is 0 Å². The van der Waals surface area contributed by atoms with Crippen molar-refractivity contribution in [2.24, 2.45) is 0 Å². The van der Waals surface area contributed by atoms with E-state index >= 15 is 0 Å². The van der Waals surface area contributed by atoms with Gasteiger partial charge in [-0.1, -0.05) is 286 Å². The van der Waals surface area contributed by atoms with Gasteiger partial charge in [0, 0.05) is 22.4 Å². The molecule has 2 aliphatic carbocycles. The molecule has 3 nitrogen and oxygen atoms in total. The van der Waals surface area contributed by atoms with Gasteiger partial charge in [0.1, 0.15) is 17.2 Å². The number of aromatic hydroxyl groups is 1. The molecule has 6 rings (SSSR count). The Bertz CT molecular complexity index is 2070. The topological polar surface area (TPSA) is 38.7 Å². The lowest BCUT2D eigenvalue weighted by atomic mass is 9.87. The molecule has 0 aliphatic heterocycles. The van der Waals surface area contributed by atoms with Crippen molar-refractivity contribution in [2.75, 3.05) is 13.2 Å². The molecule has 0 unspecified atom stereocenters. The Kier molecular flexibility index (Phi) is 28.2. The van der Waals surface area contributed by atoms with Crippen LogP contribution in [0.25, 0.3) is 33.7 Å². The lowest BCUT2D eigenvalue weighted by molar-refractivity contribution is 0.306. The van der Waals surface area contributed by atoms with E-state index in [1.165, 1.54) is 243 Å². The van der Waals surface area contributed by atoms with Crippen LogP contribution in [0.4, 0.5) is 0 Å². The molecule has 0 aromatic heterocycles. The van der Waals surface area contributed by atoms with Gasteiger partial charge in [-0.25, -0.2) is 0 Å². The van der Waals surface area contributed by atoms with E-state index in [9.17, 15) is 5.11 Å². The second-order valence-corrected chi connectivity index (χ2v) is 21.1. The number of unbranched alkanes of at least 4 members (excludes halogenated alkanes) is 30. The van der Waals surface area contributed by atoms with Crippen LogP contribution in [0.5, 0.6) is 17.2 Å². The van der Waals surface area contributed by atoms with E-state index < -0.39 is 0 Å². The van der Waals surface area contributed by atoms with Gasteiger partial charge in [0.05, 0.1) is 13.2 Å². The summed E-state index contributed by atoms with van der Waals surface area (Å²) in [5.74, 6) is 2.24. The summed E-state index contributed by atoms with van der Waals surface area (Å²) < 4.78 is 12.4. The van der Waals surface area contributed by atoms with Crippen molar-refractivity contribution in [3.8, 4) is 17.2 Å². The maximum atomic E-state index is 10.7. The van der Waals surface area contributed by atoms with Crippen molar-refractivity contribution in [1.29, 1.82) is 0 Å². The van der Waals surface area contributed by atoms with E-state index in [-0.39, 0.29) is 0 Å². The number of phenolic OH excluding ortho intramolecular Hbond substituents is 1. The fourth-order valence-corrected chi connectivity index (χ4v) is 11.0. The van der Waals surface area contributed by atoms with E-state index in [4.69, 9.17) is 9.47 Å². The van der Waals surface area contributed by atoms with Crippen LogP contribution in [-0.4, -0.2) is 18.3 Å². The number of hydrogen-bond acceptors (Lipinski definition) is 3. The third-order valence-corrected chi connectivity index (χ3v) is 15.3. The fraction of sp³-hybridized carbons (Fsp3) is 0.636. The number of allylic oxidation sites excluding steroid dienone is 2. The van der Waals surface area contributed by atoms with Crippen molar-refractivity contribution < 1.29 is 14.6 Å². The van der Waals surface area contributed by atoms with Crippen LogP contribution in [0.3, 0.4) is 0 Å². The highest BCUT2D eigenvalue weighted by atomic mass is 16.5. The highest BCUT2D eigenvalue weighted by Crippen LogP contribution is 2.42. The van der Waals surface area contributed by atoms with Gasteiger partial charge in [-0.2, -0.15) is 0 Å². The molecule has 2 aliphatic rings. The summed E-state index contributed by atoms with van der Waals surface area (Å²) in [6.45, 7) is 10.6. The highest BCUT2D eigenvalue weighted by molar-refractivity contribution is 6.01. The summed E-state index contributed by atoms with van der Waals surface area (Å²) in [5.41, 5.74) is 8.00. The third-order valence-electron chi connectivity index (χ3n) is 15.3. The molecule has 0 spiro atoms. The molecule has 4 aromatic carbocycles. The molecular weight excluding hydrogens is 841 g/mol. The first-order valence-corrected chi connectivity index (χ1v) is 29.5. The van der Waals surface area contributed by atoms with Gasteiger partial charge in [-0.05, 0) is 72.1 Å². The van der Waals surface area contributed by atoms with Crippen LogP contribution in [0.15, 0.2) is 65.7 Å². The van der Waals surface area contributed by atoms with Crippen molar-refractivity contribution >= 4 is 33.7 Å². The average Bonchev–Trinajstić information content (AvgIpc) is 3.37. The zero-order valence-electron chi connectivity index (χ0n) is 45.0. The lowest BCUT2D eigenvalue weighted by Gasteiger charge is -2.20. The van der Waals surface area contributed by atoms with Gasteiger partial charge in [0.2, 0.25) is 0 Å². The predicted molar refractivity (Wildman–Crippen MR) is 304 cm³/mol. The minimum atomic E-state index is 0.345. The maximum absolute atomic E-state index is 10.7. The molecule has 382 valence electrons. The van der Waals surface area contributed by atoms with Crippen LogP contribution in [0.2, 0.25) is 0 Å². The zero-order valence-corrected chi connectivity index (χ0v) is 45.0. The first kappa shape index (κ1) is 56.2. The monoisotopic (exact) mass is 941 g/mol. The Labute approximate surface area is 423 Å². The van der Waals surface area contributed by atoms with Crippen molar-refractivity contribution in [2.45, 2.75) is 259 Å². The van der Waals surface area contributed by atoms with E-state index in [1.807, 2.05) is 6.07 Å². The van der Waals surface area contributed by atoms with Gasteiger partial charge in [-0.15, -0.1) is 0 Å². The molecule has 0 saturated carbocycles. The molecule has 0 heterocycles. The second kappa shape index (κ2) is 34.6. The van der Waals surface area contributed by atoms with Crippen LogP contribution < -0.4 is 9.47 Å². The SMILES string of the molecule is CCCCCCCCCCCCCCCCCCOc1cc(O)c2c3c(cccc13)CC(CC)=C2.CCCCCCCCCCCCCCCCCCOc1ccc2c3c(cccc13)CC(CC)=C2. The Hall–Kier alpha value is -3.72. The van der Waals surface area contributed by atoms with Crippen LogP contribution in [0, 0.1) is 0 Å². The van der Waals surface area contributed by atoms with E-state index in [1.54, 1.807) is 0 Å². The second-order valence-electron chi connectivity index (χ2n) is 21.1. The van der Waals surface area contributed by atoms with E-state index in [2.05, 4.69) is 88.4 Å². The smallest absolute Gasteiger partial charge is 0.130 e. The molecule has 0 radical (unpaired) electrons. The summed E-state index contributed by atoms with van der Waals surface area (Å²) >= 11 is 0. The molecule has 0 atom stereocenters. The quantitative estimate of drug-likeness (QED) is 0.0455. The minimum Gasteiger partial charge on any atom is -0.507 e. The normalized spacial score (nSPS) is 12.8. The first-order valence-electron chi connectivity index (χ1n) is 29.5. The average molecular weight is 942 g/mol. The van der Waals surface area contributed by atoms with Crippen LogP contribution in [0.1, 0.15) is 268 Å². The largest absolute Gasteiger partial charge is 0.507 e. The maximum Gasteiger partial charge on any atom is 0.130 e. The molecule has 0 bridgehead atoms. The fourth-order valence-electron chi connectivity index (χ4n) is 11.0. The first-order chi connectivity index (χ1) is 34.1. The van der Waals surface area contributed by atoms with E-state index in [0.717, 1.165) is 67.8 Å². The van der Waals surface area contributed by atoms with Gasteiger partial charge < -0.3 is 14.6 Å². The van der Waals surface area contributed by atoms with Gasteiger partial charge >= 0.3 is 0 Å². The summed E-state index contributed by atoms with van der Waals surface area (Å²) in [6.07, 6.45) is 53.3. The summed E-state index contributed by atoms with van der Waals surface area (Å²) in [7, 11) is 0. The lowest BCUT2D eigenvalue weighted by Crippen LogP contribution is -2.02. The Morgan fingerprint density at radius 3 is 1.20 bits per heavy atom. The van der Waals surface area contributed by atoms with Crippen molar-refractivity contribution in [1.82, 2.24) is 0 Å². The van der Waals surface area contributed by atoms with Gasteiger partial charge in [0.15, 0.2) is 0 Å².